The van der Waals surface area contributed by atoms with Gasteiger partial charge in [0, 0.05) is 31.7 Å². The highest BCUT2D eigenvalue weighted by atomic mass is 16.5. The highest BCUT2D eigenvalue weighted by Gasteiger charge is 2.38. The maximum atomic E-state index is 9.89. The Bertz CT molecular complexity index is 262. The van der Waals surface area contributed by atoms with Crippen LogP contribution < -0.4 is 0 Å². The summed E-state index contributed by atoms with van der Waals surface area (Å²) in [5.41, 5.74) is 0.188. The van der Waals surface area contributed by atoms with Gasteiger partial charge in [-0.15, -0.1) is 0 Å². The third-order valence-corrected chi connectivity index (χ3v) is 5.18. The quantitative estimate of drug-likeness (QED) is 0.783. The molecule has 0 amide bonds. The normalized spacial score (nSPS) is 36.5. The van der Waals surface area contributed by atoms with E-state index >= 15 is 0 Å². The Kier molecular flexibility index (Phi) is 3.92. The van der Waals surface area contributed by atoms with E-state index in [1.807, 2.05) is 0 Å². The van der Waals surface area contributed by atoms with E-state index in [2.05, 4.69) is 4.90 Å². The average molecular weight is 253 g/mol. The number of ether oxygens (including phenoxy) is 1. The van der Waals surface area contributed by atoms with Gasteiger partial charge in [-0.2, -0.15) is 0 Å². The van der Waals surface area contributed by atoms with Gasteiger partial charge in [-0.25, -0.2) is 0 Å². The van der Waals surface area contributed by atoms with Crippen molar-refractivity contribution in [2.24, 2.45) is 5.41 Å². The lowest BCUT2D eigenvalue weighted by Gasteiger charge is -2.40. The van der Waals surface area contributed by atoms with E-state index in [0.717, 1.165) is 19.6 Å². The standard InChI is InChI=1S/C15H27NO2/c17-12-15(7-3-1-2-4-8-15)11-16-9-13-5-6-14(10-16)18-13/h13-14,17H,1-12H2. The Morgan fingerprint density at radius 2 is 1.61 bits per heavy atom. The largest absolute Gasteiger partial charge is 0.396 e. The molecule has 3 heteroatoms. The van der Waals surface area contributed by atoms with Gasteiger partial charge in [-0.05, 0) is 25.7 Å². The average Bonchev–Trinajstić information content (AvgIpc) is 2.61. The van der Waals surface area contributed by atoms with Gasteiger partial charge < -0.3 is 9.84 Å². The molecule has 0 spiro atoms. The molecular formula is C15H27NO2. The zero-order valence-corrected chi connectivity index (χ0v) is 11.4. The van der Waals surface area contributed by atoms with Crippen molar-refractivity contribution in [1.29, 1.82) is 0 Å². The first-order valence-electron chi connectivity index (χ1n) is 7.78. The molecule has 3 rings (SSSR count). The van der Waals surface area contributed by atoms with E-state index in [1.54, 1.807) is 0 Å². The van der Waals surface area contributed by atoms with Crippen LogP contribution in [0.1, 0.15) is 51.4 Å². The Hall–Kier alpha value is -0.120. The number of rotatable bonds is 3. The minimum atomic E-state index is 0.188. The Balaban J connectivity index is 1.62. The summed E-state index contributed by atoms with van der Waals surface area (Å²) in [6.45, 7) is 3.66. The monoisotopic (exact) mass is 253 g/mol. The van der Waals surface area contributed by atoms with Crippen molar-refractivity contribution in [3.05, 3.63) is 0 Å². The molecule has 2 unspecified atom stereocenters. The van der Waals surface area contributed by atoms with Crippen LogP contribution in [0.4, 0.5) is 0 Å². The van der Waals surface area contributed by atoms with Crippen LogP contribution in [-0.2, 0) is 4.74 Å². The zero-order chi connectivity index (χ0) is 12.4. The second kappa shape index (κ2) is 5.48. The first kappa shape index (κ1) is 12.9. The number of fused-ring (bicyclic) bond motifs is 2. The Labute approximate surface area is 110 Å². The molecule has 2 saturated heterocycles. The summed E-state index contributed by atoms with van der Waals surface area (Å²) < 4.78 is 5.90. The van der Waals surface area contributed by atoms with Crippen LogP contribution in [0.25, 0.3) is 0 Å². The van der Waals surface area contributed by atoms with Gasteiger partial charge in [-0.3, -0.25) is 4.90 Å². The smallest absolute Gasteiger partial charge is 0.0707 e. The van der Waals surface area contributed by atoms with E-state index in [0.29, 0.717) is 18.8 Å². The van der Waals surface area contributed by atoms with E-state index in [9.17, 15) is 5.11 Å². The first-order valence-corrected chi connectivity index (χ1v) is 7.78. The Morgan fingerprint density at radius 3 is 2.17 bits per heavy atom. The molecule has 0 aromatic carbocycles. The van der Waals surface area contributed by atoms with E-state index < -0.39 is 0 Å². The van der Waals surface area contributed by atoms with Crippen molar-refractivity contribution in [3.8, 4) is 0 Å². The molecule has 2 aliphatic heterocycles. The number of hydrogen-bond donors (Lipinski definition) is 1. The van der Waals surface area contributed by atoms with Crippen LogP contribution in [0.3, 0.4) is 0 Å². The van der Waals surface area contributed by atoms with Gasteiger partial charge in [0.25, 0.3) is 0 Å². The van der Waals surface area contributed by atoms with Crippen molar-refractivity contribution in [3.63, 3.8) is 0 Å². The fourth-order valence-corrected chi connectivity index (χ4v) is 4.15. The summed E-state index contributed by atoms with van der Waals surface area (Å²) >= 11 is 0. The summed E-state index contributed by atoms with van der Waals surface area (Å²) in [6.07, 6.45) is 11.2. The predicted molar refractivity (Wildman–Crippen MR) is 71.6 cm³/mol. The molecule has 1 saturated carbocycles. The van der Waals surface area contributed by atoms with Gasteiger partial charge in [-0.1, -0.05) is 25.7 Å². The molecule has 104 valence electrons. The van der Waals surface area contributed by atoms with Gasteiger partial charge in [0.05, 0.1) is 12.2 Å². The van der Waals surface area contributed by atoms with Gasteiger partial charge in [0.1, 0.15) is 0 Å². The second-order valence-electron chi connectivity index (χ2n) is 6.72. The van der Waals surface area contributed by atoms with Crippen molar-refractivity contribution in [1.82, 2.24) is 4.90 Å². The number of aliphatic hydroxyl groups excluding tert-OH is 1. The number of likely N-dealkylation sites (tertiary alicyclic amines) is 1. The van der Waals surface area contributed by atoms with Crippen LogP contribution in [-0.4, -0.2) is 48.5 Å². The highest BCUT2D eigenvalue weighted by molar-refractivity contribution is 4.90. The van der Waals surface area contributed by atoms with Gasteiger partial charge in [0.15, 0.2) is 0 Å². The number of aliphatic hydroxyl groups is 1. The molecule has 0 radical (unpaired) electrons. The summed E-state index contributed by atoms with van der Waals surface area (Å²) in [7, 11) is 0. The van der Waals surface area contributed by atoms with Crippen LogP contribution in [0.5, 0.6) is 0 Å². The van der Waals surface area contributed by atoms with E-state index in [-0.39, 0.29) is 5.41 Å². The molecule has 1 N–H and O–H groups in total. The number of morpholine rings is 1. The van der Waals surface area contributed by atoms with Crippen LogP contribution >= 0.6 is 0 Å². The summed E-state index contributed by atoms with van der Waals surface area (Å²) in [5, 5.41) is 9.89. The third-order valence-electron chi connectivity index (χ3n) is 5.18. The number of nitrogens with zero attached hydrogens (tertiary/aromatic N) is 1. The molecule has 3 nitrogen and oxygen atoms in total. The number of hydrogen-bond acceptors (Lipinski definition) is 3. The third kappa shape index (κ3) is 2.73. The minimum absolute atomic E-state index is 0.188. The zero-order valence-electron chi connectivity index (χ0n) is 11.4. The molecular weight excluding hydrogens is 226 g/mol. The molecule has 0 aromatic rings. The lowest BCUT2D eigenvalue weighted by Crippen LogP contribution is -2.48. The van der Waals surface area contributed by atoms with Gasteiger partial charge in [0.2, 0.25) is 0 Å². The Morgan fingerprint density at radius 1 is 1.00 bits per heavy atom. The summed E-state index contributed by atoms with van der Waals surface area (Å²) in [6, 6.07) is 0. The fraction of sp³-hybridized carbons (Fsp3) is 1.00. The molecule has 2 atom stereocenters. The van der Waals surface area contributed by atoms with Crippen molar-refractivity contribution in [2.45, 2.75) is 63.6 Å². The molecule has 0 aromatic heterocycles. The molecule has 3 fully saturated rings. The SMILES string of the molecule is OCC1(CN2CC3CCC(C2)O3)CCCCCC1. The van der Waals surface area contributed by atoms with Crippen molar-refractivity contribution >= 4 is 0 Å². The molecule has 18 heavy (non-hydrogen) atoms. The minimum Gasteiger partial charge on any atom is -0.396 e. The molecule has 2 bridgehead atoms. The van der Waals surface area contributed by atoms with Crippen molar-refractivity contribution in [2.75, 3.05) is 26.2 Å². The second-order valence-corrected chi connectivity index (χ2v) is 6.72. The molecule has 3 aliphatic rings. The lowest BCUT2D eigenvalue weighted by atomic mass is 9.80. The highest BCUT2D eigenvalue weighted by Crippen LogP contribution is 2.37. The first-order chi connectivity index (χ1) is 8.80. The molecule has 1 aliphatic carbocycles. The van der Waals surface area contributed by atoms with Crippen LogP contribution in [0, 0.1) is 5.41 Å². The lowest BCUT2D eigenvalue weighted by molar-refractivity contribution is -0.0584. The van der Waals surface area contributed by atoms with Crippen LogP contribution in [0.2, 0.25) is 0 Å². The topological polar surface area (TPSA) is 32.7 Å². The van der Waals surface area contributed by atoms with E-state index in [1.165, 1.54) is 51.4 Å². The molecule has 2 heterocycles. The predicted octanol–water partition coefficient (Wildman–Crippen LogP) is 2.18. The maximum Gasteiger partial charge on any atom is 0.0707 e. The maximum absolute atomic E-state index is 9.89. The van der Waals surface area contributed by atoms with E-state index in [4.69, 9.17) is 4.74 Å². The summed E-state index contributed by atoms with van der Waals surface area (Å²) in [5.74, 6) is 0. The van der Waals surface area contributed by atoms with Gasteiger partial charge >= 0.3 is 0 Å². The summed E-state index contributed by atoms with van der Waals surface area (Å²) in [4.78, 5) is 2.58. The van der Waals surface area contributed by atoms with Crippen molar-refractivity contribution < 1.29 is 9.84 Å². The fourth-order valence-electron chi connectivity index (χ4n) is 4.15. The van der Waals surface area contributed by atoms with Crippen LogP contribution in [0.15, 0.2) is 0 Å².